The molecule has 118 valence electrons. The fourth-order valence-electron chi connectivity index (χ4n) is 1.79. The zero-order valence-electron chi connectivity index (χ0n) is 12.7. The van der Waals surface area contributed by atoms with E-state index in [1.165, 1.54) is 0 Å². The van der Waals surface area contributed by atoms with Crippen molar-refractivity contribution in [3.63, 3.8) is 0 Å². The van der Waals surface area contributed by atoms with Gasteiger partial charge in [-0.15, -0.1) is 0 Å². The molecule has 0 unspecified atom stereocenters. The van der Waals surface area contributed by atoms with Crippen molar-refractivity contribution >= 4 is 13.6 Å². The Kier molecular flexibility index (Phi) is 9.82. The Labute approximate surface area is 121 Å². The van der Waals surface area contributed by atoms with Crippen molar-refractivity contribution < 1.29 is 23.9 Å². The molecule has 20 heavy (non-hydrogen) atoms. The second kappa shape index (κ2) is 10.1. The third-order valence-electron chi connectivity index (χ3n) is 3.12. The molecule has 0 aliphatic carbocycles. The Hall–Kier alpha value is -0.640. The van der Waals surface area contributed by atoms with Gasteiger partial charge in [-0.1, -0.05) is 32.3 Å². The van der Waals surface area contributed by atoms with E-state index < -0.39 is 19.7 Å². The molecule has 0 fully saturated rings. The molecule has 2 N–H and O–H groups in total. The highest BCUT2D eigenvalue weighted by molar-refractivity contribution is 7.51. The highest BCUT2D eigenvalue weighted by atomic mass is 31.2. The molecule has 5 nitrogen and oxygen atoms in total. The van der Waals surface area contributed by atoms with Crippen molar-refractivity contribution in [2.24, 2.45) is 0 Å². The van der Waals surface area contributed by atoms with Gasteiger partial charge < -0.3 is 14.5 Å². The summed E-state index contributed by atoms with van der Waals surface area (Å²) in [5.74, 6) is -0.458. The second-order valence-corrected chi connectivity index (χ2v) is 6.74. The number of ether oxygens (including phenoxy) is 1. The van der Waals surface area contributed by atoms with Crippen LogP contribution in [0.3, 0.4) is 0 Å². The molecule has 0 aliphatic heterocycles. The van der Waals surface area contributed by atoms with Crippen molar-refractivity contribution in [3.8, 4) is 0 Å². The minimum Gasteiger partial charge on any atom is -0.462 e. The predicted octanol–water partition coefficient (Wildman–Crippen LogP) is 3.40. The molecule has 0 aromatic heterocycles. The lowest BCUT2D eigenvalue weighted by Crippen LogP contribution is -2.12. The lowest BCUT2D eigenvalue weighted by molar-refractivity contribution is -0.138. The van der Waals surface area contributed by atoms with Crippen LogP contribution in [0.4, 0.5) is 0 Å². The average Bonchev–Trinajstić information content (AvgIpc) is 2.36. The molecule has 0 saturated heterocycles. The molecular formula is C14H27O5P. The van der Waals surface area contributed by atoms with Crippen LogP contribution in [0.15, 0.2) is 11.1 Å². The number of unbranched alkanes of at least 4 members (excludes halogenated alkanes) is 2. The Morgan fingerprint density at radius 1 is 1.10 bits per heavy atom. The Morgan fingerprint density at radius 2 is 1.60 bits per heavy atom. The van der Waals surface area contributed by atoms with Crippen LogP contribution in [0.25, 0.3) is 0 Å². The topological polar surface area (TPSA) is 83.8 Å². The first-order valence-corrected chi connectivity index (χ1v) is 9.01. The van der Waals surface area contributed by atoms with Crippen LogP contribution >= 0.6 is 7.60 Å². The highest BCUT2D eigenvalue weighted by Crippen LogP contribution is 2.33. The zero-order chi connectivity index (χ0) is 15.6. The van der Waals surface area contributed by atoms with Gasteiger partial charge in [0, 0.05) is 5.57 Å². The first-order valence-electron chi connectivity index (χ1n) is 7.22. The van der Waals surface area contributed by atoms with Crippen LogP contribution in [0.2, 0.25) is 0 Å². The summed E-state index contributed by atoms with van der Waals surface area (Å²) >= 11 is 0. The van der Waals surface area contributed by atoms with Crippen LogP contribution in [0.5, 0.6) is 0 Å². The largest absolute Gasteiger partial charge is 0.462 e. The van der Waals surface area contributed by atoms with Gasteiger partial charge in [-0.3, -0.25) is 4.57 Å². The van der Waals surface area contributed by atoms with E-state index in [-0.39, 0.29) is 6.61 Å². The van der Waals surface area contributed by atoms with Crippen LogP contribution in [-0.2, 0) is 14.1 Å². The van der Waals surface area contributed by atoms with E-state index in [4.69, 9.17) is 14.5 Å². The maximum absolute atomic E-state index is 11.9. The van der Waals surface area contributed by atoms with Gasteiger partial charge in [-0.25, -0.2) is 4.79 Å². The van der Waals surface area contributed by atoms with E-state index in [0.29, 0.717) is 5.57 Å². The van der Waals surface area contributed by atoms with Crippen molar-refractivity contribution in [1.82, 2.24) is 0 Å². The maximum atomic E-state index is 11.9. The fourth-order valence-corrected chi connectivity index (χ4v) is 2.12. The summed E-state index contributed by atoms with van der Waals surface area (Å²) in [6, 6.07) is 0. The van der Waals surface area contributed by atoms with E-state index >= 15 is 0 Å². The van der Waals surface area contributed by atoms with E-state index in [2.05, 4.69) is 13.8 Å². The normalized spacial score (nSPS) is 11.2. The summed E-state index contributed by atoms with van der Waals surface area (Å²) in [6.07, 6.45) is 5.54. The molecule has 0 amide bonds. The van der Waals surface area contributed by atoms with Gasteiger partial charge in [0.25, 0.3) is 0 Å². The van der Waals surface area contributed by atoms with Crippen molar-refractivity contribution in [2.75, 3.05) is 12.8 Å². The Bertz CT molecular complexity index is 360. The van der Waals surface area contributed by atoms with E-state index in [0.717, 1.165) is 44.1 Å². The third kappa shape index (κ3) is 9.29. The number of carbonyl (C=O) groups excluding carboxylic acids is 1. The third-order valence-corrected chi connectivity index (χ3v) is 3.88. The Balaban J connectivity index is 4.55. The van der Waals surface area contributed by atoms with Gasteiger partial charge in [0.1, 0.15) is 6.61 Å². The van der Waals surface area contributed by atoms with Gasteiger partial charge in [-0.05, 0) is 32.6 Å². The van der Waals surface area contributed by atoms with Gasteiger partial charge in [0.15, 0.2) is 0 Å². The number of allylic oxidation sites excluding steroid dienone is 1. The molecule has 0 aromatic carbocycles. The molecule has 0 heterocycles. The lowest BCUT2D eigenvalue weighted by atomic mass is 9.98. The number of hydrogen-bond acceptors (Lipinski definition) is 3. The zero-order valence-corrected chi connectivity index (χ0v) is 13.6. The smallest absolute Gasteiger partial charge is 0.333 e. The second-order valence-electron chi connectivity index (χ2n) is 4.96. The molecule has 0 atom stereocenters. The van der Waals surface area contributed by atoms with Gasteiger partial charge in [0.05, 0.1) is 6.16 Å². The summed E-state index contributed by atoms with van der Waals surface area (Å²) in [7, 11) is -4.10. The minimum absolute atomic E-state index is 0.241. The maximum Gasteiger partial charge on any atom is 0.333 e. The van der Waals surface area contributed by atoms with Crippen molar-refractivity contribution in [1.29, 1.82) is 0 Å². The summed E-state index contributed by atoms with van der Waals surface area (Å²) in [5.41, 5.74) is 1.70. The number of esters is 1. The van der Waals surface area contributed by atoms with Gasteiger partial charge >= 0.3 is 13.6 Å². The quantitative estimate of drug-likeness (QED) is 0.367. The van der Waals surface area contributed by atoms with Gasteiger partial charge in [-0.2, -0.15) is 0 Å². The van der Waals surface area contributed by atoms with E-state index in [1.807, 2.05) is 0 Å². The standard InChI is InChI=1S/C14H27O5P/c1-4-6-8-13(9-7-5-2)12(3)14(15)19-10-11-20(16,17)18/h4-11H2,1-3H3,(H2,16,17,18). The first kappa shape index (κ1) is 19.4. The minimum atomic E-state index is -4.10. The molecule has 0 aliphatic rings. The summed E-state index contributed by atoms with van der Waals surface area (Å²) in [6.45, 7) is 5.70. The molecule has 0 aromatic rings. The average molecular weight is 306 g/mol. The lowest BCUT2D eigenvalue weighted by Gasteiger charge is -2.12. The number of hydrogen-bond donors (Lipinski definition) is 2. The molecule has 0 spiro atoms. The van der Waals surface area contributed by atoms with Crippen LogP contribution < -0.4 is 0 Å². The van der Waals surface area contributed by atoms with Crippen LogP contribution in [0.1, 0.15) is 59.3 Å². The monoisotopic (exact) mass is 306 g/mol. The van der Waals surface area contributed by atoms with E-state index in [9.17, 15) is 9.36 Å². The Morgan fingerprint density at radius 3 is 2.00 bits per heavy atom. The molecule has 0 rings (SSSR count). The molecule has 0 saturated carbocycles. The molecule has 0 radical (unpaired) electrons. The summed E-state index contributed by atoms with van der Waals surface area (Å²) in [4.78, 5) is 29.3. The first-order chi connectivity index (χ1) is 9.31. The number of rotatable bonds is 10. The van der Waals surface area contributed by atoms with Crippen molar-refractivity contribution in [2.45, 2.75) is 59.3 Å². The molecule has 0 bridgehead atoms. The molecular weight excluding hydrogens is 279 g/mol. The van der Waals surface area contributed by atoms with Gasteiger partial charge in [0.2, 0.25) is 0 Å². The highest BCUT2D eigenvalue weighted by Gasteiger charge is 2.16. The van der Waals surface area contributed by atoms with Crippen molar-refractivity contribution in [3.05, 3.63) is 11.1 Å². The summed E-state index contributed by atoms with van der Waals surface area (Å²) in [5, 5.41) is 0. The SMILES string of the molecule is CCCCC(CCCC)=C(C)C(=O)OCCP(=O)(O)O. The predicted molar refractivity (Wildman–Crippen MR) is 79.6 cm³/mol. The van der Waals surface area contributed by atoms with E-state index in [1.54, 1.807) is 6.92 Å². The molecule has 6 heteroatoms. The van der Waals surface area contributed by atoms with Crippen LogP contribution in [0, 0.1) is 0 Å². The van der Waals surface area contributed by atoms with Crippen LogP contribution in [-0.4, -0.2) is 28.5 Å². The summed E-state index contributed by atoms with van der Waals surface area (Å²) < 4.78 is 15.6. The number of carbonyl (C=O) groups is 1. The fraction of sp³-hybridized carbons (Fsp3) is 0.786.